The van der Waals surface area contributed by atoms with Crippen molar-refractivity contribution in [1.82, 2.24) is 25.1 Å². The summed E-state index contributed by atoms with van der Waals surface area (Å²) < 4.78 is 0. The van der Waals surface area contributed by atoms with Crippen molar-refractivity contribution in [3.8, 4) is 0 Å². The van der Waals surface area contributed by atoms with E-state index >= 15 is 0 Å². The Labute approximate surface area is 133 Å². The molecule has 1 N–H and O–H groups in total. The summed E-state index contributed by atoms with van der Waals surface area (Å²) in [6.07, 6.45) is 3.25. The van der Waals surface area contributed by atoms with Crippen molar-refractivity contribution in [2.45, 2.75) is 12.5 Å². The Kier molecular flexibility index (Phi) is 3.34. The molecular formula is C17H15N5O. The Morgan fingerprint density at radius 1 is 1.17 bits per heavy atom. The summed E-state index contributed by atoms with van der Waals surface area (Å²) in [6.45, 7) is 1.09. The van der Waals surface area contributed by atoms with Crippen molar-refractivity contribution in [2.75, 3.05) is 6.54 Å². The first kappa shape index (κ1) is 13.6. The predicted octanol–water partition coefficient (Wildman–Crippen LogP) is 1.99. The van der Waals surface area contributed by atoms with Gasteiger partial charge in [0, 0.05) is 18.7 Å². The summed E-state index contributed by atoms with van der Waals surface area (Å²) in [7, 11) is 0. The molecule has 114 valence electrons. The number of amides is 1. The minimum atomic E-state index is -0.112. The molecule has 0 fully saturated rings. The number of nitrogens with zero attached hydrogens (tertiary/aromatic N) is 4. The van der Waals surface area contributed by atoms with Crippen LogP contribution in [0.5, 0.6) is 0 Å². The van der Waals surface area contributed by atoms with Gasteiger partial charge < -0.3 is 9.88 Å². The molecule has 3 aromatic rings. The Hall–Kier alpha value is -3.02. The summed E-state index contributed by atoms with van der Waals surface area (Å²) in [6, 6.07) is 13.5. The lowest BCUT2D eigenvalue weighted by Crippen LogP contribution is -2.39. The van der Waals surface area contributed by atoms with Crippen molar-refractivity contribution in [3.05, 3.63) is 77.6 Å². The molecule has 1 aliphatic heterocycles. The van der Waals surface area contributed by atoms with Gasteiger partial charge in [0.25, 0.3) is 5.91 Å². The molecule has 1 amide bonds. The summed E-state index contributed by atoms with van der Waals surface area (Å²) in [4.78, 5) is 22.1. The van der Waals surface area contributed by atoms with Crippen LogP contribution in [0.25, 0.3) is 0 Å². The average molecular weight is 305 g/mol. The molecule has 0 bridgehead atoms. The van der Waals surface area contributed by atoms with Crippen LogP contribution in [0.15, 0.2) is 55.0 Å². The molecule has 0 spiro atoms. The maximum absolute atomic E-state index is 12.7. The van der Waals surface area contributed by atoms with E-state index in [1.807, 2.05) is 18.2 Å². The third kappa shape index (κ3) is 2.48. The van der Waals surface area contributed by atoms with E-state index in [1.165, 1.54) is 0 Å². The number of hydrogen-bond donors (Lipinski definition) is 1. The second-order valence-corrected chi connectivity index (χ2v) is 5.52. The van der Waals surface area contributed by atoms with Crippen LogP contribution in [-0.4, -0.2) is 37.5 Å². The van der Waals surface area contributed by atoms with Crippen molar-refractivity contribution in [3.63, 3.8) is 0 Å². The molecule has 4 rings (SSSR count). The number of rotatable bonds is 2. The summed E-state index contributed by atoms with van der Waals surface area (Å²) >= 11 is 0. The molecule has 1 atom stereocenters. The fourth-order valence-electron chi connectivity index (χ4n) is 3.00. The van der Waals surface area contributed by atoms with Gasteiger partial charge in [-0.05, 0) is 17.7 Å². The Bertz CT molecular complexity index is 815. The molecule has 3 heterocycles. The van der Waals surface area contributed by atoms with Crippen LogP contribution in [0.1, 0.15) is 33.4 Å². The largest absolute Gasteiger partial charge is 0.347 e. The topological polar surface area (TPSA) is 74.8 Å². The van der Waals surface area contributed by atoms with E-state index in [0.29, 0.717) is 18.8 Å². The number of carbonyl (C=O) groups excluding carboxylic acids is 1. The van der Waals surface area contributed by atoms with Crippen molar-refractivity contribution < 1.29 is 4.79 Å². The van der Waals surface area contributed by atoms with Gasteiger partial charge in [-0.15, -0.1) is 5.10 Å². The Morgan fingerprint density at radius 2 is 2.04 bits per heavy atom. The normalized spacial score (nSPS) is 16.9. The number of imidazole rings is 1. The monoisotopic (exact) mass is 305 g/mol. The Balaban J connectivity index is 1.69. The molecule has 1 aliphatic rings. The number of benzene rings is 1. The smallest absolute Gasteiger partial charge is 0.274 e. The van der Waals surface area contributed by atoms with Crippen LogP contribution < -0.4 is 0 Å². The van der Waals surface area contributed by atoms with E-state index in [2.05, 4.69) is 32.3 Å². The fourth-order valence-corrected chi connectivity index (χ4v) is 3.00. The molecule has 6 heteroatoms. The highest BCUT2D eigenvalue weighted by molar-refractivity contribution is 5.92. The van der Waals surface area contributed by atoms with Gasteiger partial charge in [0.1, 0.15) is 0 Å². The number of carbonyl (C=O) groups is 1. The summed E-state index contributed by atoms with van der Waals surface area (Å²) in [5.74, 6) is -0.0499. The van der Waals surface area contributed by atoms with Gasteiger partial charge in [-0.3, -0.25) is 4.79 Å². The summed E-state index contributed by atoms with van der Waals surface area (Å²) in [5, 5.41) is 7.72. The van der Waals surface area contributed by atoms with Gasteiger partial charge >= 0.3 is 0 Å². The molecule has 0 radical (unpaired) electrons. The highest BCUT2D eigenvalue weighted by Gasteiger charge is 2.32. The predicted molar refractivity (Wildman–Crippen MR) is 83.6 cm³/mol. The number of aromatic nitrogens is 4. The SMILES string of the molecule is O=C(c1cccnn1)N1Cc2[nH]cnc2C(c2ccccc2)C1. The first-order chi connectivity index (χ1) is 11.3. The number of fused-ring (bicyclic) bond motifs is 1. The molecule has 1 aromatic carbocycles. The average Bonchev–Trinajstić information content (AvgIpc) is 3.10. The van der Waals surface area contributed by atoms with Crippen LogP contribution in [0.3, 0.4) is 0 Å². The van der Waals surface area contributed by atoms with E-state index in [4.69, 9.17) is 0 Å². The van der Waals surface area contributed by atoms with E-state index in [1.54, 1.807) is 29.6 Å². The quantitative estimate of drug-likeness (QED) is 0.785. The third-order valence-corrected chi connectivity index (χ3v) is 4.11. The van der Waals surface area contributed by atoms with Gasteiger partial charge in [-0.1, -0.05) is 30.3 Å². The van der Waals surface area contributed by atoms with E-state index in [-0.39, 0.29) is 11.8 Å². The maximum Gasteiger partial charge on any atom is 0.274 e. The zero-order valence-corrected chi connectivity index (χ0v) is 12.4. The molecule has 1 unspecified atom stereocenters. The van der Waals surface area contributed by atoms with E-state index in [9.17, 15) is 4.79 Å². The third-order valence-electron chi connectivity index (χ3n) is 4.11. The van der Waals surface area contributed by atoms with Crippen LogP contribution in [-0.2, 0) is 6.54 Å². The highest BCUT2D eigenvalue weighted by Crippen LogP contribution is 2.31. The van der Waals surface area contributed by atoms with Crippen LogP contribution in [0.2, 0.25) is 0 Å². The minimum absolute atomic E-state index is 0.0619. The van der Waals surface area contributed by atoms with Crippen molar-refractivity contribution in [2.24, 2.45) is 0 Å². The maximum atomic E-state index is 12.7. The van der Waals surface area contributed by atoms with E-state index < -0.39 is 0 Å². The van der Waals surface area contributed by atoms with Crippen molar-refractivity contribution >= 4 is 5.91 Å². The number of nitrogens with one attached hydrogen (secondary N) is 1. The van der Waals surface area contributed by atoms with Crippen molar-refractivity contribution in [1.29, 1.82) is 0 Å². The second-order valence-electron chi connectivity index (χ2n) is 5.52. The van der Waals surface area contributed by atoms with Crippen LogP contribution in [0, 0.1) is 0 Å². The Morgan fingerprint density at radius 3 is 2.83 bits per heavy atom. The zero-order chi connectivity index (χ0) is 15.6. The summed E-state index contributed by atoms with van der Waals surface area (Å²) in [5.41, 5.74) is 3.50. The number of hydrogen-bond acceptors (Lipinski definition) is 4. The van der Waals surface area contributed by atoms with Crippen LogP contribution >= 0.6 is 0 Å². The van der Waals surface area contributed by atoms with Gasteiger partial charge in [-0.25, -0.2) is 4.98 Å². The number of H-pyrrole nitrogens is 1. The molecule has 0 saturated carbocycles. The lowest BCUT2D eigenvalue weighted by Gasteiger charge is -2.32. The molecule has 6 nitrogen and oxygen atoms in total. The van der Waals surface area contributed by atoms with E-state index in [0.717, 1.165) is 17.0 Å². The highest BCUT2D eigenvalue weighted by atomic mass is 16.2. The second kappa shape index (κ2) is 5.64. The lowest BCUT2D eigenvalue weighted by atomic mass is 9.91. The minimum Gasteiger partial charge on any atom is -0.347 e. The fraction of sp³-hybridized carbons (Fsp3) is 0.176. The lowest BCUT2D eigenvalue weighted by molar-refractivity contribution is 0.0714. The zero-order valence-electron chi connectivity index (χ0n) is 12.4. The first-order valence-corrected chi connectivity index (χ1v) is 7.47. The van der Waals surface area contributed by atoms with Gasteiger partial charge in [0.2, 0.25) is 0 Å². The molecule has 23 heavy (non-hydrogen) atoms. The molecule has 0 aliphatic carbocycles. The molecule has 2 aromatic heterocycles. The molecular weight excluding hydrogens is 290 g/mol. The van der Waals surface area contributed by atoms with Gasteiger partial charge in [0.15, 0.2) is 5.69 Å². The standard InChI is InChI=1S/C17H15N5O/c23-17(14-7-4-8-20-21-14)22-9-13(12-5-2-1-3-6-12)16-15(10-22)18-11-19-16/h1-8,11,13H,9-10H2,(H,18,19). The van der Waals surface area contributed by atoms with Gasteiger partial charge in [0.05, 0.1) is 24.3 Å². The van der Waals surface area contributed by atoms with Gasteiger partial charge in [-0.2, -0.15) is 5.10 Å². The first-order valence-electron chi connectivity index (χ1n) is 7.47. The molecule has 0 saturated heterocycles. The van der Waals surface area contributed by atoms with Crippen LogP contribution in [0.4, 0.5) is 0 Å². The number of aromatic amines is 1.